The molecule has 0 radical (unpaired) electrons. The van der Waals surface area contributed by atoms with Gasteiger partial charge >= 0.3 is 0 Å². The zero-order valence-corrected chi connectivity index (χ0v) is 14.2. The molecule has 0 unspecified atom stereocenters. The van der Waals surface area contributed by atoms with E-state index in [1.54, 1.807) is 6.07 Å². The molecule has 1 aliphatic carbocycles. The number of hydrogen-bond donors (Lipinski definition) is 3. The predicted octanol–water partition coefficient (Wildman–Crippen LogP) is 2.65. The fourth-order valence-electron chi connectivity index (χ4n) is 2.97. The Morgan fingerprint density at radius 1 is 1.27 bits per heavy atom. The minimum absolute atomic E-state index is 0. The second-order valence-electron chi connectivity index (χ2n) is 5.86. The SMILES string of the molecule is Cc1ccc2[nH]c(CN[C@@H]3CC[C@@H](N)C3)cc(=O)c2c1.Cl.Cl. The van der Waals surface area contributed by atoms with E-state index in [2.05, 4.69) is 10.3 Å². The molecular weight excluding hydrogens is 321 g/mol. The van der Waals surface area contributed by atoms with Crippen molar-refractivity contribution in [2.75, 3.05) is 0 Å². The number of hydrogen-bond acceptors (Lipinski definition) is 3. The van der Waals surface area contributed by atoms with Gasteiger partial charge in [0.2, 0.25) is 0 Å². The third kappa shape index (κ3) is 4.23. The minimum atomic E-state index is 0. The number of rotatable bonds is 3. The highest BCUT2D eigenvalue weighted by atomic mass is 35.5. The van der Waals surface area contributed by atoms with Gasteiger partial charge < -0.3 is 16.0 Å². The van der Waals surface area contributed by atoms with E-state index < -0.39 is 0 Å². The number of pyridine rings is 1. The van der Waals surface area contributed by atoms with Crippen molar-refractivity contribution in [3.63, 3.8) is 0 Å². The highest BCUT2D eigenvalue weighted by Gasteiger charge is 2.20. The van der Waals surface area contributed by atoms with Crippen LogP contribution in [0.15, 0.2) is 29.1 Å². The maximum atomic E-state index is 12.1. The number of benzene rings is 1. The molecule has 122 valence electrons. The lowest BCUT2D eigenvalue weighted by Gasteiger charge is -2.12. The van der Waals surface area contributed by atoms with Gasteiger partial charge in [-0.25, -0.2) is 0 Å². The van der Waals surface area contributed by atoms with Crippen molar-refractivity contribution in [2.45, 2.75) is 44.8 Å². The molecule has 3 rings (SSSR count). The number of aromatic amines is 1. The zero-order valence-electron chi connectivity index (χ0n) is 12.6. The summed E-state index contributed by atoms with van der Waals surface area (Å²) in [5.41, 5.74) is 8.94. The third-order valence-corrected chi connectivity index (χ3v) is 4.10. The molecule has 0 aliphatic heterocycles. The van der Waals surface area contributed by atoms with Crippen molar-refractivity contribution in [1.29, 1.82) is 0 Å². The first kappa shape index (κ1) is 19.0. The molecule has 1 aliphatic rings. The monoisotopic (exact) mass is 343 g/mol. The molecule has 4 N–H and O–H groups in total. The van der Waals surface area contributed by atoms with E-state index in [4.69, 9.17) is 5.73 Å². The lowest BCUT2D eigenvalue weighted by Crippen LogP contribution is -2.28. The predicted molar refractivity (Wildman–Crippen MR) is 96.3 cm³/mol. The number of nitrogens with two attached hydrogens (primary N) is 1. The Bertz CT molecular complexity index is 687. The first-order valence-electron chi connectivity index (χ1n) is 7.23. The smallest absolute Gasteiger partial charge is 0.189 e. The van der Waals surface area contributed by atoms with Gasteiger partial charge in [0.1, 0.15) is 0 Å². The van der Waals surface area contributed by atoms with Crippen LogP contribution in [0, 0.1) is 6.92 Å². The van der Waals surface area contributed by atoms with Crippen molar-refractivity contribution in [3.8, 4) is 0 Å². The molecule has 0 saturated heterocycles. The van der Waals surface area contributed by atoms with Crippen molar-refractivity contribution in [1.82, 2.24) is 10.3 Å². The standard InChI is InChI=1S/C16H21N3O.2ClH/c1-10-2-5-15-14(6-10)16(20)8-13(19-15)9-18-12-4-3-11(17)7-12;;/h2,5-6,8,11-12,18H,3-4,7,9,17H2,1H3,(H,19,20);2*1H/t11-,12-;;/m1../s1. The molecule has 1 saturated carbocycles. The van der Waals surface area contributed by atoms with E-state index in [0.717, 1.165) is 41.4 Å². The average molecular weight is 344 g/mol. The fourth-order valence-corrected chi connectivity index (χ4v) is 2.97. The van der Waals surface area contributed by atoms with Gasteiger partial charge in [-0.05, 0) is 38.3 Å². The van der Waals surface area contributed by atoms with E-state index in [1.807, 2.05) is 25.1 Å². The van der Waals surface area contributed by atoms with Crippen LogP contribution in [0.3, 0.4) is 0 Å². The van der Waals surface area contributed by atoms with Gasteiger partial charge in [0, 0.05) is 41.3 Å². The number of H-pyrrole nitrogens is 1. The van der Waals surface area contributed by atoms with Crippen LogP contribution in [0.2, 0.25) is 0 Å². The Balaban J connectivity index is 0.00000121. The molecule has 1 aromatic carbocycles. The van der Waals surface area contributed by atoms with E-state index in [-0.39, 0.29) is 30.2 Å². The van der Waals surface area contributed by atoms with Crippen LogP contribution in [0.5, 0.6) is 0 Å². The molecule has 1 aromatic heterocycles. The maximum Gasteiger partial charge on any atom is 0.189 e. The summed E-state index contributed by atoms with van der Waals surface area (Å²) < 4.78 is 0. The average Bonchev–Trinajstić information content (AvgIpc) is 2.83. The van der Waals surface area contributed by atoms with Crippen LogP contribution in [0.1, 0.15) is 30.5 Å². The summed E-state index contributed by atoms with van der Waals surface area (Å²) in [6.45, 7) is 2.69. The molecule has 6 heteroatoms. The first-order valence-corrected chi connectivity index (χ1v) is 7.23. The maximum absolute atomic E-state index is 12.1. The van der Waals surface area contributed by atoms with Crippen LogP contribution in [-0.2, 0) is 6.54 Å². The molecule has 4 nitrogen and oxygen atoms in total. The second-order valence-corrected chi connectivity index (χ2v) is 5.86. The highest BCUT2D eigenvalue weighted by molar-refractivity contribution is 5.85. The van der Waals surface area contributed by atoms with Gasteiger partial charge in [0.25, 0.3) is 0 Å². The molecule has 1 heterocycles. The van der Waals surface area contributed by atoms with Crippen LogP contribution in [0.25, 0.3) is 10.9 Å². The van der Waals surface area contributed by atoms with Crippen LogP contribution < -0.4 is 16.5 Å². The topological polar surface area (TPSA) is 70.9 Å². The Hall–Kier alpha value is -1.07. The van der Waals surface area contributed by atoms with Crippen molar-refractivity contribution >= 4 is 35.7 Å². The number of nitrogens with one attached hydrogen (secondary N) is 2. The van der Waals surface area contributed by atoms with Gasteiger partial charge in [-0.2, -0.15) is 0 Å². The van der Waals surface area contributed by atoms with Crippen LogP contribution in [0.4, 0.5) is 0 Å². The fraction of sp³-hybridized carbons (Fsp3) is 0.438. The number of halogens is 2. The summed E-state index contributed by atoms with van der Waals surface area (Å²) in [4.78, 5) is 15.5. The lowest BCUT2D eigenvalue weighted by molar-refractivity contribution is 0.513. The zero-order chi connectivity index (χ0) is 14.1. The molecule has 22 heavy (non-hydrogen) atoms. The Morgan fingerprint density at radius 3 is 2.73 bits per heavy atom. The molecule has 2 aromatic rings. The Morgan fingerprint density at radius 2 is 2.05 bits per heavy atom. The van der Waals surface area contributed by atoms with Crippen molar-refractivity contribution in [3.05, 3.63) is 45.7 Å². The molecule has 0 spiro atoms. The summed E-state index contributed by atoms with van der Waals surface area (Å²) in [5, 5.41) is 4.24. The van der Waals surface area contributed by atoms with E-state index >= 15 is 0 Å². The molecule has 0 bridgehead atoms. The van der Waals surface area contributed by atoms with Gasteiger partial charge in [0.15, 0.2) is 5.43 Å². The van der Waals surface area contributed by atoms with Gasteiger partial charge in [-0.3, -0.25) is 4.79 Å². The molecule has 1 fully saturated rings. The largest absolute Gasteiger partial charge is 0.357 e. The summed E-state index contributed by atoms with van der Waals surface area (Å²) in [7, 11) is 0. The number of aryl methyl sites for hydroxylation is 1. The molecule has 0 amide bonds. The van der Waals surface area contributed by atoms with Crippen LogP contribution >= 0.6 is 24.8 Å². The summed E-state index contributed by atoms with van der Waals surface area (Å²) >= 11 is 0. The third-order valence-electron chi connectivity index (χ3n) is 4.10. The normalized spacial score (nSPS) is 20.5. The summed E-state index contributed by atoms with van der Waals surface area (Å²) in [6.07, 6.45) is 3.24. The van der Waals surface area contributed by atoms with E-state index in [0.29, 0.717) is 18.6 Å². The van der Waals surface area contributed by atoms with Gasteiger partial charge in [-0.1, -0.05) is 11.6 Å². The number of fused-ring (bicyclic) bond motifs is 1. The highest BCUT2D eigenvalue weighted by Crippen LogP contribution is 2.17. The van der Waals surface area contributed by atoms with Crippen LogP contribution in [-0.4, -0.2) is 17.1 Å². The van der Waals surface area contributed by atoms with Crippen molar-refractivity contribution < 1.29 is 0 Å². The molecular formula is C16H23Cl2N3O. The number of aromatic nitrogens is 1. The van der Waals surface area contributed by atoms with E-state index in [1.165, 1.54) is 0 Å². The second kappa shape index (κ2) is 7.97. The lowest BCUT2D eigenvalue weighted by atomic mass is 10.1. The summed E-state index contributed by atoms with van der Waals surface area (Å²) in [5.74, 6) is 0. The quantitative estimate of drug-likeness (QED) is 0.802. The van der Waals surface area contributed by atoms with Gasteiger partial charge in [-0.15, -0.1) is 24.8 Å². The minimum Gasteiger partial charge on any atom is -0.357 e. The first-order chi connectivity index (χ1) is 9.61. The van der Waals surface area contributed by atoms with Gasteiger partial charge in [0.05, 0.1) is 0 Å². The Kier molecular flexibility index (Phi) is 6.88. The Labute approximate surface area is 142 Å². The van der Waals surface area contributed by atoms with Crippen molar-refractivity contribution in [2.24, 2.45) is 5.73 Å². The van der Waals surface area contributed by atoms with E-state index in [9.17, 15) is 4.79 Å². The summed E-state index contributed by atoms with van der Waals surface area (Å²) in [6, 6.07) is 8.42. The molecule has 2 atom stereocenters.